The summed E-state index contributed by atoms with van der Waals surface area (Å²) in [6.07, 6.45) is 1.77. The van der Waals surface area contributed by atoms with Gasteiger partial charge in [-0.25, -0.2) is 0 Å². The Morgan fingerprint density at radius 3 is 2.05 bits per heavy atom. The van der Waals surface area contributed by atoms with Crippen LogP contribution in [-0.2, 0) is 0 Å². The van der Waals surface area contributed by atoms with Gasteiger partial charge in [-0.3, -0.25) is 20.2 Å². The first-order valence-electron chi connectivity index (χ1n) is 5.56. The summed E-state index contributed by atoms with van der Waals surface area (Å²) in [6, 6.07) is 5.72. The Balaban J connectivity index is 2.48. The molecule has 0 aromatic heterocycles. The molecule has 2 rings (SSSR count). The van der Waals surface area contributed by atoms with Gasteiger partial charge in [0.2, 0.25) is 5.76 Å². The van der Waals surface area contributed by atoms with Crippen molar-refractivity contribution in [2.24, 2.45) is 0 Å². The molecular weight excluding hydrogens is 268 g/mol. The van der Waals surface area contributed by atoms with Crippen molar-refractivity contribution in [1.82, 2.24) is 0 Å². The molecule has 0 bridgehead atoms. The molecule has 0 unspecified atom stereocenters. The van der Waals surface area contributed by atoms with E-state index >= 15 is 0 Å². The minimum atomic E-state index is -2.76. The number of benzene rings is 1. The van der Waals surface area contributed by atoms with Crippen molar-refractivity contribution < 1.29 is 20.1 Å². The van der Waals surface area contributed by atoms with E-state index in [2.05, 4.69) is 0 Å². The lowest BCUT2D eigenvalue weighted by Gasteiger charge is -2.20. The fraction of sp³-hybridized carbons (Fsp3) is 0.167. The van der Waals surface area contributed by atoms with Crippen molar-refractivity contribution in [3.05, 3.63) is 68.0 Å². The van der Waals surface area contributed by atoms with Gasteiger partial charge in [0, 0.05) is 0 Å². The zero-order chi connectivity index (χ0) is 14.9. The van der Waals surface area contributed by atoms with Crippen LogP contribution in [0.25, 0.3) is 5.57 Å². The van der Waals surface area contributed by atoms with Crippen LogP contribution in [0.15, 0.2) is 42.2 Å². The normalized spacial score (nSPS) is 17.0. The summed E-state index contributed by atoms with van der Waals surface area (Å²) < 4.78 is 0. The lowest BCUT2D eigenvalue weighted by atomic mass is 9.89. The first-order valence-corrected chi connectivity index (χ1v) is 5.56. The second-order valence-electron chi connectivity index (χ2n) is 4.30. The van der Waals surface area contributed by atoms with E-state index < -0.39 is 27.7 Å². The first kappa shape index (κ1) is 13.5. The maximum Gasteiger partial charge on any atom is 0.518 e. The van der Waals surface area contributed by atoms with Crippen LogP contribution in [0.1, 0.15) is 12.0 Å². The molecule has 8 nitrogen and oxygen atoms in total. The molecule has 104 valence electrons. The number of hydrogen-bond donors (Lipinski definition) is 2. The lowest BCUT2D eigenvalue weighted by molar-refractivity contribution is -0.787. The fourth-order valence-corrected chi connectivity index (χ4v) is 1.98. The van der Waals surface area contributed by atoms with Gasteiger partial charge < -0.3 is 10.2 Å². The zero-order valence-corrected chi connectivity index (χ0v) is 10.1. The highest BCUT2D eigenvalue weighted by molar-refractivity contribution is 5.70. The van der Waals surface area contributed by atoms with Crippen molar-refractivity contribution >= 4 is 5.57 Å². The third-order valence-corrected chi connectivity index (χ3v) is 3.13. The fourth-order valence-electron chi connectivity index (χ4n) is 1.98. The molecule has 1 aliphatic rings. The number of aromatic hydroxyl groups is 1. The van der Waals surface area contributed by atoms with Gasteiger partial charge in [0.15, 0.2) is 0 Å². The van der Waals surface area contributed by atoms with Gasteiger partial charge in [-0.2, -0.15) is 0 Å². The van der Waals surface area contributed by atoms with E-state index in [9.17, 15) is 30.4 Å². The SMILES string of the molecule is O=[N+]([O-])C1([N+](=O)[O-])CC(c2ccc(O)cc2)=CC=C1O. The van der Waals surface area contributed by atoms with Crippen molar-refractivity contribution in [3.63, 3.8) is 0 Å². The summed E-state index contributed by atoms with van der Waals surface area (Å²) in [6.45, 7) is 0. The van der Waals surface area contributed by atoms with E-state index in [-0.39, 0.29) is 5.75 Å². The number of allylic oxidation sites excluding steroid dienone is 2. The Morgan fingerprint density at radius 1 is 1.00 bits per heavy atom. The number of phenolic OH excluding ortho intramolecular Hbond substituents is 1. The molecule has 1 aliphatic carbocycles. The van der Waals surface area contributed by atoms with Gasteiger partial charge in [-0.05, 0) is 29.3 Å². The summed E-state index contributed by atoms with van der Waals surface area (Å²) in [5, 5.41) is 40.9. The Morgan fingerprint density at radius 2 is 1.55 bits per heavy atom. The molecule has 0 fully saturated rings. The minimum Gasteiger partial charge on any atom is -0.508 e. The number of hydrogen-bond acceptors (Lipinski definition) is 6. The highest BCUT2D eigenvalue weighted by atomic mass is 16.7. The molecule has 0 aliphatic heterocycles. The predicted octanol–water partition coefficient (Wildman–Crippen LogP) is 1.87. The van der Waals surface area contributed by atoms with Crippen LogP contribution >= 0.6 is 0 Å². The molecule has 20 heavy (non-hydrogen) atoms. The monoisotopic (exact) mass is 278 g/mol. The summed E-state index contributed by atoms with van der Waals surface area (Å²) in [7, 11) is 0. The predicted molar refractivity (Wildman–Crippen MR) is 68.1 cm³/mol. The van der Waals surface area contributed by atoms with Crippen molar-refractivity contribution in [1.29, 1.82) is 0 Å². The molecule has 1 aromatic carbocycles. The summed E-state index contributed by atoms with van der Waals surface area (Å²) >= 11 is 0. The first-order chi connectivity index (χ1) is 9.37. The van der Waals surface area contributed by atoms with Gasteiger partial charge in [0.25, 0.3) is 0 Å². The van der Waals surface area contributed by atoms with Crippen LogP contribution in [0.3, 0.4) is 0 Å². The zero-order valence-electron chi connectivity index (χ0n) is 10.1. The molecule has 0 saturated heterocycles. The van der Waals surface area contributed by atoms with E-state index in [1.165, 1.54) is 30.3 Å². The van der Waals surface area contributed by atoms with Crippen molar-refractivity contribution in [2.45, 2.75) is 12.1 Å². The van der Waals surface area contributed by atoms with Gasteiger partial charge >= 0.3 is 5.66 Å². The molecule has 0 spiro atoms. The number of rotatable bonds is 3. The van der Waals surface area contributed by atoms with Gasteiger partial charge in [-0.1, -0.05) is 18.2 Å². The molecule has 0 amide bonds. The number of aliphatic hydroxyl groups excluding tert-OH is 1. The van der Waals surface area contributed by atoms with Gasteiger partial charge in [0.1, 0.15) is 22.0 Å². The molecular formula is C12H10N2O6. The summed E-state index contributed by atoms with van der Waals surface area (Å²) in [5.74, 6) is -0.895. The molecule has 2 N–H and O–H groups in total. The van der Waals surface area contributed by atoms with Crippen LogP contribution in [0.4, 0.5) is 0 Å². The molecule has 0 atom stereocenters. The third-order valence-electron chi connectivity index (χ3n) is 3.13. The van der Waals surface area contributed by atoms with E-state index in [1.54, 1.807) is 0 Å². The maximum atomic E-state index is 11.1. The maximum absolute atomic E-state index is 11.1. The quantitative estimate of drug-likeness (QED) is 0.493. The summed E-state index contributed by atoms with van der Waals surface area (Å²) in [4.78, 5) is 19.9. The minimum absolute atomic E-state index is 0.0124. The van der Waals surface area contributed by atoms with E-state index in [1.807, 2.05) is 0 Å². The third kappa shape index (κ3) is 1.96. The molecule has 0 radical (unpaired) electrons. The summed E-state index contributed by atoms with van der Waals surface area (Å²) in [5.41, 5.74) is -1.93. The number of nitro groups is 2. The highest BCUT2D eigenvalue weighted by Gasteiger charge is 2.62. The Labute approximate surface area is 112 Å². The highest BCUT2D eigenvalue weighted by Crippen LogP contribution is 2.36. The van der Waals surface area contributed by atoms with Crippen LogP contribution in [-0.4, -0.2) is 25.7 Å². The molecule has 8 heteroatoms. The van der Waals surface area contributed by atoms with Crippen LogP contribution in [0.2, 0.25) is 0 Å². The Bertz CT molecular complexity index is 618. The van der Waals surface area contributed by atoms with Crippen LogP contribution < -0.4 is 0 Å². The Hall–Kier alpha value is -2.90. The van der Waals surface area contributed by atoms with E-state index in [0.29, 0.717) is 11.1 Å². The van der Waals surface area contributed by atoms with E-state index in [0.717, 1.165) is 6.08 Å². The average molecular weight is 278 g/mol. The smallest absolute Gasteiger partial charge is 0.508 e. The second-order valence-corrected chi connectivity index (χ2v) is 4.30. The number of aliphatic hydroxyl groups is 1. The van der Waals surface area contributed by atoms with Crippen LogP contribution in [0, 0.1) is 20.2 Å². The number of phenols is 1. The second kappa shape index (κ2) is 4.65. The van der Waals surface area contributed by atoms with Gasteiger partial charge in [0.05, 0.1) is 0 Å². The average Bonchev–Trinajstić information content (AvgIpc) is 2.39. The molecule has 0 heterocycles. The largest absolute Gasteiger partial charge is 0.518 e. The van der Waals surface area contributed by atoms with E-state index in [4.69, 9.17) is 0 Å². The Kier molecular flexibility index (Phi) is 3.15. The van der Waals surface area contributed by atoms with Crippen molar-refractivity contribution in [2.75, 3.05) is 0 Å². The van der Waals surface area contributed by atoms with Crippen LogP contribution in [0.5, 0.6) is 5.75 Å². The standard InChI is InChI=1S/C12H10N2O6/c15-10-4-1-8(2-5-10)9-3-6-11(16)12(7-9,13(17)18)14(19)20/h1-6,15-16H,7H2. The van der Waals surface area contributed by atoms with Gasteiger partial charge in [-0.15, -0.1) is 0 Å². The number of nitrogens with zero attached hydrogens (tertiary/aromatic N) is 2. The molecule has 1 aromatic rings. The molecule has 0 saturated carbocycles. The lowest BCUT2D eigenvalue weighted by Crippen LogP contribution is -2.49. The van der Waals surface area contributed by atoms with Crippen molar-refractivity contribution in [3.8, 4) is 5.75 Å². The topological polar surface area (TPSA) is 127 Å².